The minimum absolute atomic E-state index is 0.149. The third-order valence-electron chi connectivity index (χ3n) is 3.08. The standard InChI is InChI=1S/C9H11BrO/c1-2-5-3-6-4-7(5)8(10)9(6)11/h1,5-9,11H,3-4H2. The number of aliphatic hydroxyl groups excluding tert-OH is 1. The fraction of sp³-hybridized carbons (Fsp3) is 0.778. The Kier molecular flexibility index (Phi) is 1.74. The quantitative estimate of drug-likeness (QED) is 0.478. The van der Waals surface area contributed by atoms with Gasteiger partial charge in [-0.05, 0) is 24.7 Å². The van der Waals surface area contributed by atoms with Crippen LogP contribution in [-0.4, -0.2) is 16.0 Å². The maximum Gasteiger partial charge on any atom is 0.0696 e. The average Bonchev–Trinajstić information content (AvgIpc) is 2.53. The number of aliphatic hydroxyl groups is 1. The van der Waals surface area contributed by atoms with E-state index in [4.69, 9.17) is 6.42 Å². The number of alkyl halides is 1. The van der Waals surface area contributed by atoms with E-state index in [0.717, 1.165) is 12.8 Å². The van der Waals surface area contributed by atoms with Crippen LogP contribution in [-0.2, 0) is 0 Å². The van der Waals surface area contributed by atoms with E-state index in [1.807, 2.05) is 0 Å². The Hall–Kier alpha value is -0.0000000000000000208. The molecule has 0 amide bonds. The fourth-order valence-electron chi connectivity index (χ4n) is 2.45. The summed E-state index contributed by atoms with van der Waals surface area (Å²) in [6.45, 7) is 0. The number of terminal acetylenes is 1. The van der Waals surface area contributed by atoms with Crippen LogP contribution in [0.15, 0.2) is 0 Å². The Morgan fingerprint density at radius 3 is 2.64 bits per heavy atom. The lowest BCUT2D eigenvalue weighted by molar-refractivity contribution is 0.112. The Morgan fingerprint density at radius 1 is 1.45 bits per heavy atom. The topological polar surface area (TPSA) is 20.2 Å². The predicted octanol–water partition coefficient (Wildman–Crippen LogP) is 1.40. The molecule has 2 fully saturated rings. The van der Waals surface area contributed by atoms with Gasteiger partial charge in [0.2, 0.25) is 0 Å². The Balaban J connectivity index is 2.17. The van der Waals surface area contributed by atoms with E-state index in [0.29, 0.717) is 17.8 Å². The molecule has 5 atom stereocenters. The Morgan fingerprint density at radius 2 is 2.18 bits per heavy atom. The van der Waals surface area contributed by atoms with Gasteiger partial charge in [-0.2, -0.15) is 0 Å². The zero-order valence-electron chi connectivity index (χ0n) is 6.20. The lowest BCUT2D eigenvalue weighted by atomic mass is 9.88. The second-order valence-corrected chi connectivity index (χ2v) is 4.66. The SMILES string of the molecule is C#CC1CC2CC1C(Br)C2O. The van der Waals surface area contributed by atoms with Gasteiger partial charge in [0.25, 0.3) is 0 Å². The maximum absolute atomic E-state index is 9.59. The molecule has 11 heavy (non-hydrogen) atoms. The Bertz CT molecular complexity index is 206. The molecule has 2 rings (SSSR count). The molecule has 0 radical (unpaired) electrons. The van der Waals surface area contributed by atoms with E-state index < -0.39 is 0 Å². The molecule has 60 valence electrons. The second kappa shape index (κ2) is 2.50. The Labute approximate surface area is 75.3 Å². The molecule has 2 saturated carbocycles. The van der Waals surface area contributed by atoms with Crippen molar-refractivity contribution in [1.29, 1.82) is 0 Å². The molecule has 0 aromatic rings. The molecule has 0 spiro atoms. The zero-order valence-corrected chi connectivity index (χ0v) is 7.79. The molecule has 0 heterocycles. The number of hydrogen-bond acceptors (Lipinski definition) is 1. The van der Waals surface area contributed by atoms with E-state index in [1.165, 1.54) is 0 Å². The third kappa shape index (κ3) is 0.947. The van der Waals surface area contributed by atoms with Gasteiger partial charge >= 0.3 is 0 Å². The van der Waals surface area contributed by atoms with Crippen LogP contribution in [0.3, 0.4) is 0 Å². The molecule has 0 aromatic heterocycles. The van der Waals surface area contributed by atoms with Crippen molar-refractivity contribution in [3.63, 3.8) is 0 Å². The van der Waals surface area contributed by atoms with Crippen molar-refractivity contribution in [2.75, 3.05) is 0 Å². The number of hydrogen-bond donors (Lipinski definition) is 1. The molecular formula is C9H11BrO. The van der Waals surface area contributed by atoms with Crippen molar-refractivity contribution in [3.05, 3.63) is 0 Å². The van der Waals surface area contributed by atoms with E-state index >= 15 is 0 Å². The van der Waals surface area contributed by atoms with Crippen molar-refractivity contribution in [2.24, 2.45) is 17.8 Å². The van der Waals surface area contributed by atoms with Crippen LogP contribution in [0.2, 0.25) is 0 Å². The highest BCUT2D eigenvalue weighted by atomic mass is 79.9. The van der Waals surface area contributed by atoms with Gasteiger partial charge in [-0.1, -0.05) is 15.9 Å². The van der Waals surface area contributed by atoms with E-state index in [-0.39, 0.29) is 10.9 Å². The smallest absolute Gasteiger partial charge is 0.0696 e. The van der Waals surface area contributed by atoms with Gasteiger partial charge in [-0.3, -0.25) is 0 Å². The van der Waals surface area contributed by atoms with Gasteiger partial charge in [-0.15, -0.1) is 12.3 Å². The van der Waals surface area contributed by atoms with Crippen molar-refractivity contribution in [2.45, 2.75) is 23.8 Å². The summed E-state index contributed by atoms with van der Waals surface area (Å²) in [5.74, 6) is 4.21. The van der Waals surface area contributed by atoms with E-state index in [1.54, 1.807) is 0 Å². The van der Waals surface area contributed by atoms with Crippen molar-refractivity contribution >= 4 is 15.9 Å². The molecule has 2 heteroatoms. The molecule has 0 saturated heterocycles. The molecule has 2 aliphatic carbocycles. The summed E-state index contributed by atoms with van der Waals surface area (Å²) in [7, 11) is 0. The van der Waals surface area contributed by atoms with Crippen molar-refractivity contribution in [3.8, 4) is 12.3 Å². The van der Waals surface area contributed by atoms with Gasteiger partial charge in [-0.25, -0.2) is 0 Å². The number of halogens is 1. The van der Waals surface area contributed by atoms with Crippen molar-refractivity contribution in [1.82, 2.24) is 0 Å². The van der Waals surface area contributed by atoms with Crippen molar-refractivity contribution < 1.29 is 5.11 Å². The molecular weight excluding hydrogens is 204 g/mol. The van der Waals surface area contributed by atoms with Crippen LogP contribution >= 0.6 is 15.9 Å². The summed E-state index contributed by atoms with van der Waals surface area (Å²) >= 11 is 3.50. The number of rotatable bonds is 0. The molecule has 1 N–H and O–H groups in total. The van der Waals surface area contributed by atoms with Gasteiger partial charge in [0.05, 0.1) is 6.10 Å². The molecule has 1 nitrogen and oxygen atoms in total. The molecule has 0 aliphatic heterocycles. The van der Waals surface area contributed by atoms with Crippen LogP contribution in [0.25, 0.3) is 0 Å². The van der Waals surface area contributed by atoms with Crippen LogP contribution in [0.5, 0.6) is 0 Å². The first kappa shape index (κ1) is 7.64. The normalized spacial score (nSPS) is 54.5. The van der Waals surface area contributed by atoms with E-state index in [9.17, 15) is 5.11 Å². The van der Waals surface area contributed by atoms with Crippen LogP contribution < -0.4 is 0 Å². The highest BCUT2D eigenvalue weighted by Crippen LogP contribution is 2.51. The lowest BCUT2D eigenvalue weighted by Crippen LogP contribution is -2.31. The fourth-order valence-corrected chi connectivity index (χ4v) is 3.46. The lowest BCUT2D eigenvalue weighted by Gasteiger charge is -2.26. The van der Waals surface area contributed by atoms with Crippen LogP contribution in [0, 0.1) is 30.1 Å². The highest BCUT2D eigenvalue weighted by Gasteiger charge is 2.50. The number of fused-ring (bicyclic) bond motifs is 2. The molecule has 5 unspecified atom stereocenters. The van der Waals surface area contributed by atoms with E-state index in [2.05, 4.69) is 21.9 Å². The summed E-state index contributed by atoms with van der Waals surface area (Å²) < 4.78 is 0. The third-order valence-corrected chi connectivity index (χ3v) is 4.30. The average molecular weight is 215 g/mol. The minimum Gasteiger partial charge on any atom is -0.392 e. The highest BCUT2D eigenvalue weighted by molar-refractivity contribution is 9.09. The van der Waals surface area contributed by atoms with Gasteiger partial charge in [0.15, 0.2) is 0 Å². The minimum atomic E-state index is -0.149. The summed E-state index contributed by atoms with van der Waals surface area (Å²) in [6, 6.07) is 0. The zero-order chi connectivity index (χ0) is 8.01. The van der Waals surface area contributed by atoms with Gasteiger partial charge in [0, 0.05) is 10.7 Å². The maximum atomic E-state index is 9.59. The molecule has 2 bridgehead atoms. The first-order valence-corrected chi connectivity index (χ1v) is 4.94. The summed E-state index contributed by atoms with van der Waals surface area (Å²) in [6.07, 6.45) is 7.38. The van der Waals surface area contributed by atoms with Crippen LogP contribution in [0.4, 0.5) is 0 Å². The van der Waals surface area contributed by atoms with Gasteiger partial charge in [0.1, 0.15) is 0 Å². The monoisotopic (exact) mass is 214 g/mol. The molecule has 2 aliphatic rings. The summed E-state index contributed by atoms with van der Waals surface area (Å²) in [4.78, 5) is 0.252. The first-order valence-electron chi connectivity index (χ1n) is 4.02. The largest absolute Gasteiger partial charge is 0.392 e. The predicted molar refractivity (Wildman–Crippen MR) is 47.3 cm³/mol. The second-order valence-electron chi connectivity index (χ2n) is 3.60. The summed E-state index contributed by atoms with van der Waals surface area (Å²) in [5.41, 5.74) is 0. The van der Waals surface area contributed by atoms with Gasteiger partial charge < -0.3 is 5.11 Å². The van der Waals surface area contributed by atoms with Crippen LogP contribution in [0.1, 0.15) is 12.8 Å². The molecule has 0 aromatic carbocycles. The summed E-state index contributed by atoms with van der Waals surface area (Å²) in [5, 5.41) is 9.59. The first-order chi connectivity index (χ1) is 5.24.